The van der Waals surface area contributed by atoms with Crippen molar-refractivity contribution in [3.05, 3.63) is 29.8 Å². The van der Waals surface area contributed by atoms with Gasteiger partial charge in [-0.25, -0.2) is 4.79 Å². The molecule has 4 nitrogen and oxygen atoms in total. The molecule has 0 saturated carbocycles. The van der Waals surface area contributed by atoms with Crippen LogP contribution < -0.4 is 4.90 Å². The quantitative estimate of drug-likeness (QED) is 0.817. The first-order valence-electron chi connectivity index (χ1n) is 5.20. The predicted octanol–water partition coefficient (Wildman–Crippen LogP) is 1.38. The molecule has 0 aliphatic carbocycles. The molecule has 0 amide bonds. The molecule has 0 unspecified atom stereocenters. The van der Waals surface area contributed by atoms with E-state index in [1.165, 1.54) is 0 Å². The fourth-order valence-electron chi connectivity index (χ4n) is 1.34. The number of likely N-dealkylation sites (N-methyl/N-ethyl adjacent to an activating group) is 2. The molecule has 88 valence electrons. The number of aromatic carboxylic acids is 1. The van der Waals surface area contributed by atoms with E-state index in [-0.39, 0.29) is 0 Å². The van der Waals surface area contributed by atoms with Crippen LogP contribution in [0.3, 0.4) is 0 Å². The lowest BCUT2D eigenvalue weighted by molar-refractivity contribution is 0.0697. The minimum absolute atomic E-state index is 0.324. The van der Waals surface area contributed by atoms with Gasteiger partial charge in [0.05, 0.1) is 5.56 Å². The monoisotopic (exact) mass is 222 g/mol. The van der Waals surface area contributed by atoms with Crippen LogP contribution in [0.4, 0.5) is 5.69 Å². The maximum atomic E-state index is 10.7. The number of hydrogen-bond acceptors (Lipinski definition) is 3. The molecule has 1 N–H and O–H groups in total. The number of carboxylic acid groups (broad SMARTS) is 1. The van der Waals surface area contributed by atoms with Crippen LogP contribution in [0, 0.1) is 0 Å². The summed E-state index contributed by atoms with van der Waals surface area (Å²) in [6, 6.07) is 6.92. The topological polar surface area (TPSA) is 43.8 Å². The fourth-order valence-corrected chi connectivity index (χ4v) is 1.34. The van der Waals surface area contributed by atoms with Crippen molar-refractivity contribution in [2.45, 2.75) is 0 Å². The van der Waals surface area contributed by atoms with Gasteiger partial charge in [-0.1, -0.05) is 0 Å². The van der Waals surface area contributed by atoms with Gasteiger partial charge in [-0.3, -0.25) is 0 Å². The summed E-state index contributed by atoms with van der Waals surface area (Å²) in [6.07, 6.45) is 0. The zero-order valence-electron chi connectivity index (χ0n) is 9.97. The molecular formula is C12H18N2O2. The Bertz CT molecular complexity index is 347. The Morgan fingerprint density at radius 1 is 1.12 bits per heavy atom. The maximum absolute atomic E-state index is 10.7. The van der Waals surface area contributed by atoms with Crippen LogP contribution in [0.2, 0.25) is 0 Å². The summed E-state index contributed by atoms with van der Waals surface area (Å²) in [5.74, 6) is -0.887. The number of hydrogen-bond donors (Lipinski definition) is 1. The summed E-state index contributed by atoms with van der Waals surface area (Å²) >= 11 is 0. The molecule has 1 aromatic rings. The number of anilines is 1. The molecule has 0 heterocycles. The van der Waals surface area contributed by atoms with E-state index in [0.29, 0.717) is 5.56 Å². The minimum atomic E-state index is -0.887. The van der Waals surface area contributed by atoms with Gasteiger partial charge < -0.3 is 14.9 Å². The summed E-state index contributed by atoms with van der Waals surface area (Å²) in [4.78, 5) is 14.9. The average molecular weight is 222 g/mol. The second-order valence-corrected chi connectivity index (χ2v) is 4.08. The van der Waals surface area contributed by atoms with Gasteiger partial charge in [0.2, 0.25) is 0 Å². The van der Waals surface area contributed by atoms with Crippen molar-refractivity contribution in [2.24, 2.45) is 0 Å². The van der Waals surface area contributed by atoms with Crippen LogP contribution in [-0.4, -0.2) is 50.2 Å². The molecule has 4 heteroatoms. The van der Waals surface area contributed by atoms with Crippen molar-refractivity contribution < 1.29 is 9.90 Å². The van der Waals surface area contributed by atoms with Gasteiger partial charge in [0.15, 0.2) is 0 Å². The Balaban J connectivity index is 2.63. The fraction of sp³-hybridized carbons (Fsp3) is 0.417. The molecule has 0 aliphatic rings. The van der Waals surface area contributed by atoms with Gasteiger partial charge in [0.25, 0.3) is 0 Å². The van der Waals surface area contributed by atoms with Crippen molar-refractivity contribution in [2.75, 3.05) is 39.1 Å². The Hall–Kier alpha value is -1.55. The molecule has 0 radical (unpaired) electrons. The number of benzene rings is 1. The Labute approximate surface area is 96.1 Å². The normalized spacial score (nSPS) is 10.5. The van der Waals surface area contributed by atoms with Gasteiger partial charge in [-0.05, 0) is 38.4 Å². The number of rotatable bonds is 5. The lowest BCUT2D eigenvalue weighted by Crippen LogP contribution is -2.28. The molecule has 0 saturated heterocycles. The molecule has 0 bridgehead atoms. The molecule has 0 atom stereocenters. The van der Waals surface area contributed by atoms with Gasteiger partial charge in [-0.15, -0.1) is 0 Å². The van der Waals surface area contributed by atoms with Crippen molar-refractivity contribution in [3.63, 3.8) is 0 Å². The van der Waals surface area contributed by atoms with E-state index < -0.39 is 5.97 Å². The predicted molar refractivity (Wildman–Crippen MR) is 65.2 cm³/mol. The average Bonchev–Trinajstić information content (AvgIpc) is 2.26. The third-order valence-electron chi connectivity index (χ3n) is 2.44. The van der Waals surface area contributed by atoms with Crippen LogP contribution in [-0.2, 0) is 0 Å². The van der Waals surface area contributed by atoms with Gasteiger partial charge in [0, 0.05) is 25.8 Å². The number of carbonyl (C=O) groups is 1. The SMILES string of the molecule is CN(C)CCN(C)c1ccc(C(=O)O)cc1. The largest absolute Gasteiger partial charge is 0.478 e. The van der Waals surface area contributed by atoms with E-state index in [4.69, 9.17) is 5.11 Å². The maximum Gasteiger partial charge on any atom is 0.335 e. The third kappa shape index (κ3) is 3.55. The smallest absolute Gasteiger partial charge is 0.335 e. The van der Waals surface area contributed by atoms with Crippen molar-refractivity contribution in [1.82, 2.24) is 4.90 Å². The summed E-state index contributed by atoms with van der Waals surface area (Å²) < 4.78 is 0. The first-order valence-corrected chi connectivity index (χ1v) is 5.20. The highest BCUT2D eigenvalue weighted by Gasteiger charge is 2.04. The summed E-state index contributed by atoms with van der Waals surface area (Å²) in [7, 11) is 6.06. The Kier molecular flexibility index (Phi) is 4.31. The molecule has 0 fully saturated rings. The lowest BCUT2D eigenvalue weighted by atomic mass is 10.2. The zero-order valence-corrected chi connectivity index (χ0v) is 9.97. The summed E-state index contributed by atoms with van der Waals surface area (Å²) in [5.41, 5.74) is 1.36. The highest BCUT2D eigenvalue weighted by Crippen LogP contribution is 2.13. The van der Waals surface area contributed by atoms with Crippen LogP contribution in [0.5, 0.6) is 0 Å². The van der Waals surface area contributed by atoms with Crippen molar-refractivity contribution in [3.8, 4) is 0 Å². The number of carboxylic acids is 1. The molecule has 0 aliphatic heterocycles. The van der Waals surface area contributed by atoms with Gasteiger partial charge in [0.1, 0.15) is 0 Å². The van der Waals surface area contributed by atoms with Crippen molar-refractivity contribution >= 4 is 11.7 Å². The van der Waals surface area contributed by atoms with Crippen LogP contribution >= 0.6 is 0 Å². The van der Waals surface area contributed by atoms with Crippen molar-refractivity contribution in [1.29, 1.82) is 0 Å². The third-order valence-corrected chi connectivity index (χ3v) is 2.44. The molecule has 0 spiro atoms. The standard InChI is InChI=1S/C12H18N2O2/c1-13(2)8-9-14(3)11-6-4-10(5-7-11)12(15)16/h4-7H,8-9H2,1-3H3,(H,15,16). The van der Waals surface area contributed by atoms with Gasteiger partial charge in [-0.2, -0.15) is 0 Å². The molecule has 0 aromatic heterocycles. The lowest BCUT2D eigenvalue weighted by Gasteiger charge is -2.21. The highest BCUT2D eigenvalue weighted by atomic mass is 16.4. The second kappa shape index (κ2) is 5.51. The summed E-state index contributed by atoms with van der Waals surface area (Å²) in [6.45, 7) is 1.89. The Morgan fingerprint density at radius 2 is 1.69 bits per heavy atom. The van der Waals surface area contributed by atoms with E-state index in [0.717, 1.165) is 18.8 Å². The van der Waals surface area contributed by atoms with Crippen LogP contribution in [0.25, 0.3) is 0 Å². The number of nitrogens with zero attached hydrogens (tertiary/aromatic N) is 2. The minimum Gasteiger partial charge on any atom is -0.478 e. The molecular weight excluding hydrogens is 204 g/mol. The molecule has 16 heavy (non-hydrogen) atoms. The highest BCUT2D eigenvalue weighted by molar-refractivity contribution is 5.88. The van der Waals surface area contributed by atoms with E-state index in [9.17, 15) is 4.79 Å². The summed E-state index contributed by atoms with van der Waals surface area (Å²) in [5, 5.41) is 8.77. The Morgan fingerprint density at radius 3 is 2.12 bits per heavy atom. The first-order chi connectivity index (χ1) is 7.50. The first kappa shape index (κ1) is 12.5. The van der Waals surface area contributed by atoms with E-state index >= 15 is 0 Å². The van der Waals surface area contributed by atoms with E-state index in [1.54, 1.807) is 12.1 Å². The van der Waals surface area contributed by atoms with Gasteiger partial charge >= 0.3 is 5.97 Å². The zero-order chi connectivity index (χ0) is 12.1. The van der Waals surface area contributed by atoms with E-state index in [2.05, 4.69) is 9.80 Å². The molecule has 1 aromatic carbocycles. The molecule has 1 rings (SSSR count). The van der Waals surface area contributed by atoms with Crippen LogP contribution in [0.1, 0.15) is 10.4 Å². The van der Waals surface area contributed by atoms with Crippen LogP contribution in [0.15, 0.2) is 24.3 Å². The second-order valence-electron chi connectivity index (χ2n) is 4.08. The van der Waals surface area contributed by atoms with E-state index in [1.807, 2.05) is 33.3 Å².